The molecule has 104 valence electrons. The number of carbonyl (C=O) groups is 1. The number of nitrogens with zero attached hydrogens (tertiary/aromatic N) is 2. The average molecular weight is 278 g/mol. The normalized spacial score (nSPS) is 10.5. The predicted molar refractivity (Wildman–Crippen MR) is 81.9 cm³/mol. The van der Waals surface area contributed by atoms with Crippen molar-refractivity contribution in [1.82, 2.24) is 9.78 Å². The number of primary amides is 1. The van der Waals surface area contributed by atoms with Crippen LogP contribution in [0.3, 0.4) is 0 Å². The van der Waals surface area contributed by atoms with E-state index in [9.17, 15) is 4.79 Å². The van der Waals surface area contributed by atoms with Gasteiger partial charge in [0.2, 0.25) is 0 Å². The average Bonchev–Trinajstić information content (AvgIpc) is 2.90. The van der Waals surface area contributed by atoms with Gasteiger partial charge in [0.15, 0.2) is 0 Å². The molecule has 3 rings (SSSR count). The lowest BCUT2D eigenvalue weighted by molar-refractivity contribution is 0.100. The summed E-state index contributed by atoms with van der Waals surface area (Å²) in [5.41, 5.74) is 14.4. The quantitative estimate of drug-likeness (QED) is 0.770. The van der Waals surface area contributed by atoms with E-state index in [4.69, 9.17) is 11.5 Å². The van der Waals surface area contributed by atoms with Crippen molar-refractivity contribution in [2.45, 2.75) is 0 Å². The molecular formula is C16H14N4O. The first-order chi connectivity index (χ1) is 10.2. The number of hydrogen-bond acceptors (Lipinski definition) is 3. The highest BCUT2D eigenvalue weighted by atomic mass is 16.1. The molecular weight excluding hydrogens is 264 g/mol. The van der Waals surface area contributed by atoms with Crippen LogP contribution in [0.25, 0.3) is 16.8 Å². The Morgan fingerprint density at radius 3 is 2.14 bits per heavy atom. The Labute approximate surface area is 121 Å². The van der Waals surface area contributed by atoms with Gasteiger partial charge in [-0.3, -0.25) is 4.79 Å². The van der Waals surface area contributed by atoms with Crippen molar-refractivity contribution < 1.29 is 4.79 Å². The molecule has 0 aliphatic carbocycles. The van der Waals surface area contributed by atoms with Gasteiger partial charge < -0.3 is 11.5 Å². The van der Waals surface area contributed by atoms with Crippen molar-refractivity contribution in [2.24, 2.45) is 5.73 Å². The van der Waals surface area contributed by atoms with Crippen molar-refractivity contribution in [1.29, 1.82) is 0 Å². The van der Waals surface area contributed by atoms with Crippen LogP contribution in [-0.2, 0) is 0 Å². The minimum absolute atomic E-state index is 0.224. The molecule has 1 heterocycles. The molecule has 0 spiro atoms. The summed E-state index contributed by atoms with van der Waals surface area (Å²) in [6.07, 6.45) is 1.38. The van der Waals surface area contributed by atoms with Gasteiger partial charge in [-0.05, 0) is 23.3 Å². The van der Waals surface area contributed by atoms with Crippen molar-refractivity contribution in [3.05, 3.63) is 66.4 Å². The SMILES string of the molecule is NC(=O)c1cnn(-c2ccc(-c3ccccc3)cc2)c1N. The van der Waals surface area contributed by atoms with Crippen LogP contribution in [0.15, 0.2) is 60.8 Å². The number of carbonyl (C=O) groups excluding carboxylic acids is 1. The van der Waals surface area contributed by atoms with Gasteiger partial charge in [-0.25, -0.2) is 4.68 Å². The molecule has 0 radical (unpaired) electrons. The second kappa shape index (κ2) is 5.13. The summed E-state index contributed by atoms with van der Waals surface area (Å²) in [4.78, 5) is 11.2. The van der Waals surface area contributed by atoms with Crippen LogP contribution in [0.2, 0.25) is 0 Å². The Kier molecular flexibility index (Phi) is 3.16. The standard InChI is InChI=1S/C16H14N4O/c17-15-14(16(18)21)10-19-20(15)13-8-6-12(7-9-13)11-4-2-1-3-5-11/h1-10H,17H2,(H2,18,21). The predicted octanol–water partition coefficient (Wildman–Crippen LogP) is 2.22. The van der Waals surface area contributed by atoms with Crippen LogP contribution in [0.4, 0.5) is 5.82 Å². The molecule has 0 saturated carbocycles. The Morgan fingerprint density at radius 2 is 1.57 bits per heavy atom. The van der Waals surface area contributed by atoms with Gasteiger partial charge in [-0.15, -0.1) is 0 Å². The van der Waals surface area contributed by atoms with E-state index in [0.717, 1.165) is 16.8 Å². The van der Waals surface area contributed by atoms with E-state index in [1.54, 1.807) is 0 Å². The zero-order valence-electron chi connectivity index (χ0n) is 11.2. The fourth-order valence-corrected chi connectivity index (χ4v) is 2.18. The highest BCUT2D eigenvalue weighted by Gasteiger charge is 2.13. The topological polar surface area (TPSA) is 86.9 Å². The van der Waals surface area contributed by atoms with E-state index in [2.05, 4.69) is 5.10 Å². The monoisotopic (exact) mass is 278 g/mol. The van der Waals surface area contributed by atoms with E-state index < -0.39 is 5.91 Å². The summed E-state index contributed by atoms with van der Waals surface area (Å²) in [5.74, 6) is -0.338. The van der Waals surface area contributed by atoms with Gasteiger partial charge in [-0.1, -0.05) is 42.5 Å². The molecule has 5 nitrogen and oxygen atoms in total. The molecule has 1 amide bonds. The van der Waals surface area contributed by atoms with Crippen LogP contribution in [-0.4, -0.2) is 15.7 Å². The molecule has 0 unspecified atom stereocenters. The summed E-state index contributed by atoms with van der Waals surface area (Å²) >= 11 is 0. The van der Waals surface area contributed by atoms with E-state index >= 15 is 0 Å². The van der Waals surface area contributed by atoms with Gasteiger partial charge in [0.25, 0.3) is 5.91 Å². The molecule has 0 aliphatic heterocycles. The molecule has 4 N–H and O–H groups in total. The van der Waals surface area contributed by atoms with Crippen LogP contribution in [0.1, 0.15) is 10.4 Å². The third kappa shape index (κ3) is 2.36. The van der Waals surface area contributed by atoms with Crippen molar-refractivity contribution in [2.75, 3.05) is 5.73 Å². The van der Waals surface area contributed by atoms with E-state index in [1.165, 1.54) is 10.9 Å². The molecule has 2 aromatic carbocycles. The van der Waals surface area contributed by atoms with Gasteiger partial charge in [-0.2, -0.15) is 5.10 Å². The summed E-state index contributed by atoms with van der Waals surface area (Å²) in [7, 11) is 0. The maximum atomic E-state index is 11.2. The number of nitrogen functional groups attached to an aromatic ring is 1. The van der Waals surface area contributed by atoms with Gasteiger partial charge in [0.1, 0.15) is 11.4 Å². The maximum Gasteiger partial charge on any atom is 0.254 e. The van der Waals surface area contributed by atoms with Crippen LogP contribution < -0.4 is 11.5 Å². The van der Waals surface area contributed by atoms with Crippen molar-refractivity contribution >= 4 is 11.7 Å². The first kappa shape index (κ1) is 12.9. The van der Waals surface area contributed by atoms with Gasteiger partial charge in [0, 0.05) is 0 Å². The zero-order chi connectivity index (χ0) is 14.8. The number of aromatic nitrogens is 2. The van der Waals surface area contributed by atoms with Crippen LogP contribution in [0.5, 0.6) is 0 Å². The number of anilines is 1. The second-order valence-corrected chi connectivity index (χ2v) is 4.63. The molecule has 0 bridgehead atoms. The molecule has 21 heavy (non-hydrogen) atoms. The van der Waals surface area contributed by atoms with Gasteiger partial charge in [0.05, 0.1) is 11.9 Å². The van der Waals surface area contributed by atoms with E-state index in [0.29, 0.717) is 0 Å². The second-order valence-electron chi connectivity index (χ2n) is 4.63. The fraction of sp³-hybridized carbons (Fsp3) is 0. The first-order valence-electron chi connectivity index (χ1n) is 6.46. The number of nitrogens with two attached hydrogens (primary N) is 2. The Bertz CT molecular complexity index is 776. The number of benzene rings is 2. The van der Waals surface area contributed by atoms with Crippen molar-refractivity contribution in [3.8, 4) is 16.8 Å². The van der Waals surface area contributed by atoms with Crippen LogP contribution in [0, 0.1) is 0 Å². The largest absolute Gasteiger partial charge is 0.383 e. The lowest BCUT2D eigenvalue weighted by Gasteiger charge is -2.06. The van der Waals surface area contributed by atoms with E-state index in [-0.39, 0.29) is 11.4 Å². The number of hydrogen-bond donors (Lipinski definition) is 2. The summed E-state index contributed by atoms with van der Waals surface area (Å²) in [6, 6.07) is 17.8. The molecule has 1 aromatic heterocycles. The molecule has 3 aromatic rings. The molecule has 0 aliphatic rings. The maximum absolute atomic E-state index is 11.2. The molecule has 5 heteroatoms. The molecule has 0 saturated heterocycles. The zero-order valence-corrected chi connectivity index (χ0v) is 11.2. The van der Waals surface area contributed by atoms with Crippen molar-refractivity contribution in [3.63, 3.8) is 0 Å². The summed E-state index contributed by atoms with van der Waals surface area (Å²) in [6.45, 7) is 0. The lowest BCUT2D eigenvalue weighted by Crippen LogP contribution is -2.13. The number of rotatable bonds is 3. The van der Waals surface area contributed by atoms with Gasteiger partial charge >= 0.3 is 0 Å². The molecule has 0 fully saturated rings. The minimum atomic E-state index is -0.584. The highest BCUT2D eigenvalue weighted by molar-refractivity contribution is 5.97. The first-order valence-corrected chi connectivity index (χ1v) is 6.46. The number of amides is 1. The third-order valence-electron chi connectivity index (χ3n) is 3.29. The lowest BCUT2D eigenvalue weighted by atomic mass is 10.1. The van der Waals surface area contributed by atoms with Crippen LogP contribution >= 0.6 is 0 Å². The highest BCUT2D eigenvalue weighted by Crippen LogP contribution is 2.22. The smallest absolute Gasteiger partial charge is 0.254 e. The Morgan fingerprint density at radius 1 is 0.952 bits per heavy atom. The minimum Gasteiger partial charge on any atom is -0.383 e. The third-order valence-corrected chi connectivity index (χ3v) is 3.29. The van der Waals surface area contributed by atoms with E-state index in [1.807, 2.05) is 54.6 Å². The molecule has 0 atom stereocenters. The fourth-order valence-electron chi connectivity index (χ4n) is 2.18. The summed E-state index contributed by atoms with van der Waals surface area (Å²) in [5, 5.41) is 4.10. The Hall–Kier alpha value is -3.08. The summed E-state index contributed by atoms with van der Waals surface area (Å²) < 4.78 is 1.49. The Balaban J connectivity index is 1.97.